The molecule has 1 aromatic rings. The minimum absolute atomic E-state index is 0.139. The Bertz CT molecular complexity index is 441. The molecular weight excluding hydrogens is 230 g/mol. The van der Waals surface area contributed by atoms with E-state index < -0.39 is 0 Å². The number of aryl methyl sites for hydroxylation is 1. The third kappa shape index (κ3) is 4.57. The molecule has 0 heterocycles. The number of nitrogens with one attached hydrogen (secondary N) is 1. The number of hydrogen-bond donors (Lipinski definition) is 1. The highest BCUT2D eigenvalue weighted by Crippen LogP contribution is 2.26. The molecule has 0 aliphatic carbocycles. The Hall–Kier alpha value is -1.84. The zero-order valence-electron chi connectivity index (χ0n) is 11.1. The minimum atomic E-state index is -0.139. The molecule has 0 aliphatic rings. The zero-order chi connectivity index (χ0) is 13.5. The molecule has 18 heavy (non-hydrogen) atoms. The van der Waals surface area contributed by atoms with Crippen LogP contribution in [0.3, 0.4) is 0 Å². The topological polar surface area (TPSA) is 55.4 Å². The van der Waals surface area contributed by atoms with Crippen molar-refractivity contribution in [1.82, 2.24) is 0 Å². The van der Waals surface area contributed by atoms with Gasteiger partial charge in [0.2, 0.25) is 5.91 Å². The normalized spacial score (nSPS) is 9.94. The first-order valence-electron chi connectivity index (χ1n) is 6.05. The number of hydrogen-bond acceptors (Lipinski definition) is 3. The van der Waals surface area contributed by atoms with E-state index in [-0.39, 0.29) is 11.7 Å². The van der Waals surface area contributed by atoms with Gasteiger partial charge in [-0.1, -0.05) is 6.07 Å². The van der Waals surface area contributed by atoms with Crippen LogP contribution in [0.1, 0.15) is 32.8 Å². The minimum Gasteiger partial charge on any atom is -0.492 e. The highest BCUT2D eigenvalue weighted by Gasteiger charge is 2.07. The number of rotatable bonds is 6. The number of anilines is 1. The van der Waals surface area contributed by atoms with Gasteiger partial charge in [0.25, 0.3) is 0 Å². The molecule has 4 nitrogen and oxygen atoms in total. The number of Topliss-reactive ketones (excluding diaryl/α,β-unsaturated/α-hetero) is 1. The Morgan fingerprint density at radius 2 is 2.00 bits per heavy atom. The summed E-state index contributed by atoms with van der Waals surface area (Å²) in [5.41, 5.74) is 1.67. The lowest BCUT2D eigenvalue weighted by atomic mass is 10.1. The Balaban J connectivity index is 2.89. The van der Waals surface area contributed by atoms with Crippen molar-refractivity contribution in [3.05, 3.63) is 23.8 Å². The van der Waals surface area contributed by atoms with Crippen molar-refractivity contribution in [1.29, 1.82) is 0 Å². The first kappa shape index (κ1) is 14.2. The summed E-state index contributed by atoms with van der Waals surface area (Å²) in [4.78, 5) is 22.1. The molecule has 0 radical (unpaired) electrons. The molecule has 0 aromatic heterocycles. The average molecular weight is 249 g/mol. The number of ether oxygens (including phenoxy) is 1. The van der Waals surface area contributed by atoms with Gasteiger partial charge in [-0.3, -0.25) is 4.79 Å². The van der Waals surface area contributed by atoms with E-state index in [1.165, 1.54) is 6.92 Å². The van der Waals surface area contributed by atoms with E-state index in [2.05, 4.69) is 5.32 Å². The Morgan fingerprint density at radius 3 is 2.56 bits per heavy atom. The molecule has 0 fully saturated rings. The van der Waals surface area contributed by atoms with Gasteiger partial charge in [-0.25, -0.2) is 0 Å². The fourth-order valence-electron chi connectivity index (χ4n) is 1.62. The number of carbonyl (C=O) groups is 2. The van der Waals surface area contributed by atoms with Crippen molar-refractivity contribution < 1.29 is 14.3 Å². The van der Waals surface area contributed by atoms with Gasteiger partial charge in [-0.15, -0.1) is 0 Å². The van der Waals surface area contributed by atoms with E-state index in [9.17, 15) is 9.59 Å². The van der Waals surface area contributed by atoms with Gasteiger partial charge in [0, 0.05) is 13.3 Å². The highest BCUT2D eigenvalue weighted by molar-refractivity contribution is 5.90. The number of carbonyl (C=O) groups excluding carboxylic acids is 2. The van der Waals surface area contributed by atoms with Crippen LogP contribution in [0.2, 0.25) is 0 Å². The smallest absolute Gasteiger partial charge is 0.221 e. The quantitative estimate of drug-likeness (QED) is 0.843. The van der Waals surface area contributed by atoms with Crippen LogP contribution in [0.15, 0.2) is 18.2 Å². The standard InChI is InChI=1S/C14H19NO3/c1-4-18-14-8-7-12(6-5-10(2)16)9-13(14)15-11(3)17/h7-9H,4-6H2,1-3H3,(H,15,17). The van der Waals surface area contributed by atoms with Crippen LogP contribution in [-0.2, 0) is 16.0 Å². The maximum atomic E-state index is 11.1. The Kier molecular flexibility index (Phi) is 5.36. The van der Waals surface area contributed by atoms with Gasteiger partial charge in [0.15, 0.2) is 0 Å². The summed E-state index contributed by atoms with van der Waals surface area (Å²) in [5, 5.41) is 2.74. The van der Waals surface area contributed by atoms with Crippen LogP contribution in [-0.4, -0.2) is 18.3 Å². The van der Waals surface area contributed by atoms with Crippen LogP contribution in [0.5, 0.6) is 5.75 Å². The van der Waals surface area contributed by atoms with Gasteiger partial charge in [0.1, 0.15) is 11.5 Å². The second kappa shape index (κ2) is 6.79. The van der Waals surface area contributed by atoms with E-state index in [0.29, 0.717) is 30.9 Å². The molecular formula is C14H19NO3. The van der Waals surface area contributed by atoms with E-state index in [1.807, 2.05) is 25.1 Å². The molecule has 1 amide bonds. The molecule has 0 unspecified atom stereocenters. The van der Waals surface area contributed by atoms with Crippen LogP contribution in [0.4, 0.5) is 5.69 Å². The Labute approximate surface area is 107 Å². The van der Waals surface area contributed by atoms with E-state index in [4.69, 9.17) is 4.74 Å². The highest BCUT2D eigenvalue weighted by atomic mass is 16.5. The lowest BCUT2D eigenvalue weighted by molar-refractivity contribution is -0.117. The summed E-state index contributed by atoms with van der Waals surface area (Å²) < 4.78 is 5.44. The first-order valence-corrected chi connectivity index (χ1v) is 6.05. The van der Waals surface area contributed by atoms with Crippen molar-refractivity contribution in [2.45, 2.75) is 33.6 Å². The van der Waals surface area contributed by atoms with Crippen molar-refractivity contribution in [3.8, 4) is 5.75 Å². The Morgan fingerprint density at radius 1 is 1.28 bits per heavy atom. The summed E-state index contributed by atoms with van der Waals surface area (Å²) in [6, 6.07) is 5.60. The van der Waals surface area contributed by atoms with Crippen LogP contribution < -0.4 is 10.1 Å². The fraction of sp³-hybridized carbons (Fsp3) is 0.429. The maximum absolute atomic E-state index is 11.1. The van der Waals surface area contributed by atoms with Crippen molar-refractivity contribution in [2.24, 2.45) is 0 Å². The lowest BCUT2D eigenvalue weighted by Gasteiger charge is -2.12. The van der Waals surface area contributed by atoms with Gasteiger partial charge >= 0.3 is 0 Å². The number of benzene rings is 1. The van der Waals surface area contributed by atoms with E-state index >= 15 is 0 Å². The molecule has 1 rings (SSSR count). The first-order chi connectivity index (χ1) is 8.52. The molecule has 0 spiro atoms. The van der Waals surface area contributed by atoms with E-state index in [0.717, 1.165) is 5.56 Å². The number of ketones is 1. The number of amides is 1. The van der Waals surface area contributed by atoms with Gasteiger partial charge in [-0.05, 0) is 38.0 Å². The average Bonchev–Trinajstić information content (AvgIpc) is 2.29. The van der Waals surface area contributed by atoms with Gasteiger partial charge in [-0.2, -0.15) is 0 Å². The summed E-state index contributed by atoms with van der Waals surface area (Å²) in [7, 11) is 0. The second-order valence-corrected chi connectivity index (χ2v) is 4.15. The molecule has 4 heteroatoms. The van der Waals surface area contributed by atoms with Gasteiger partial charge in [0.05, 0.1) is 12.3 Å². The molecule has 0 saturated carbocycles. The molecule has 1 aromatic carbocycles. The molecule has 98 valence electrons. The lowest BCUT2D eigenvalue weighted by Crippen LogP contribution is -2.08. The third-order valence-electron chi connectivity index (χ3n) is 2.42. The van der Waals surface area contributed by atoms with Gasteiger partial charge < -0.3 is 14.8 Å². The van der Waals surface area contributed by atoms with Crippen LogP contribution in [0, 0.1) is 0 Å². The van der Waals surface area contributed by atoms with Crippen LogP contribution >= 0.6 is 0 Å². The molecule has 0 saturated heterocycles. The summed E-state index contributed by atoms with van der Waals surface area (Å²) >= 11 is 0. The molecule has 0 bridgehead atoms. The predicted molar refractivity (Wildman–Crippen MR) is 70.9 cm³/mol. The molecule has 0 aliphatic heterocycles. The summed E-state index contributed by atoms with van der Waals surface area (Å²) in [6.45, 7) is 5.46. The molecule has 0 atom stereocenters. The van der Waals surface area contributed by atoms with Crippen LogP contribution in [0.25, 0.3) is 0 Å². The van der Waals surface area contributed by atoms with Crippen molar-refractivity contribution in [3.63, 3.8) is 0 Å². The summed E-state index contributed by atoms with van der Waals surface area (Å²) in [5.74, 6) is 0.670. The largest absolute Gasteiger partial charge is 0.492 e. The SMILES string of the molecule is CCOc1ccc(CCC(C)=O)cc1NC(C)=O. The summed E-state index contributed by atoms with van der Waals surface area (Å²) in [6.07, 6.45) is 1.18. The monoisotopic (exact) mass is 249 g/mol. The maximum Gasteiger partial charge on any atom is 0.221 e. The zero-order valence-corrected chi connectivity index (χ0v) is 11.1. The third-order valence-corrected chi connectivity index (χ3v) is 2.42. The van der Waals surface area contributed by atoms with Crippen molar-refractivity contribution >= 4 is 17.4 Å². The van der Waals surface area contributed by atoms with Crippen molar-refractivity contribution in [2.75, 3.05) is 11.9 Å². The predicted octanol–water partition coefficient (Wildman–Crippen LogP) is 2.57. The molecule has 1 N–H and O–H groups in total. The fourth-order valence-corrected chi connectivity index (χ4v) is 1.62. The second-order valence-electron chi connectivity index (χ2n) is 4.15. The van der Waals surface area contributed by atoms with E-state index in [1.54, 1.807) is 6.92 Å².